The first-order chi connectivity index (χ1) is 16.7. The van der Waals surface area contributed by atoms with Gasteiger partial charge in [0, 0.05) is 17.6 Å². The number of hydrogen-bond donors (Lipinski definition) is 1. The second kappa shape index (κ2) is 9.85. The predicted octanol–water partition coefficient (Wildman–Crippen LogP) is 3.44. The third-order valence-electron chi connectivity index (χ3n) is 5.54. The molecule has 1 N–H and O–H groups in total. The molecule has 1 aromatic heterocycles. The summed E-state index contributed by atoms with van der Waals surface area (Å²) in [6.45, 7) is -0.243. The van der Waals surface area contributed by atoms with Gasteiger partial charge in [0.25, 0.3) is 5.56 Å². The summed E-state index contributed by atoms with van der Waals surface area (Å²) < 4.78 is 32.3. The first-order valence-corrected chi connectivity index (χ1v) is 12.4. The highest BCUT2D eigenvalue weighted by molar-refractivity contribution is 7.92. The molecule has 9 nitrogen and oxygen atoms in total. The van der Waals surface area contributed by atoms with Crippen LogP contribution in [0.1, 0.15) is 6.42 Å². The van der Waals surface area contributed by atoms with Crippen LogP contribution >= 0.6 is 11.6 Å². The maximum atomic E-state index is 13.1. The Balaban J connectivity index is 1.57. The number of sulfone groups is 1. The fourth-order valence-corrected chi connectivity index (χ4v) is 5.28. The average molecular weight is 514 g/mol. The average Bonchev–Trinajstić information content (AvgIpc) is 2.85. The Morgan fingerprint density at radius 2 is 1.69 bits per heavy atom. The van der Waals surface area contributed by atoms with E-state index < -0.39 is 26.6 Å². The predicted molar refractivity (Wildman–Crippen MR) is 130 cm³/mol. The Kier molecular flexibility index (Phi) is 6.86. The smallest absolute Gasteiger partial charge is 0.322 e. The van der Waals surface area contributed by atoms with Gasteiger partial charge in [0.2, 0.25) is 0 Å². The molecule has 0 fully saturated rings. The zero-order valence-electron chi connectivity index (χ0n) is 18.5. The van der Waals surface area contributed by atoms with Crippen molar-refractivity contribution < 1.29 is 23.1 Å². The van der Waals surface area contributed by atoms with Crippen LogP contribution in [0.25, 0.3) is 22.0 Å². The van der Waals surface area contributed by atoms with E-state index in [1.54, 1.807) is 48.5 Å². The van der Waals surface area contributed by atoms with E-state index in [0.717, 1.165) is 15.8 Å². The minimum absolute atomic E-state index is 0.133. The summed E-state index contributed by atoms with van der Waals surface area (Å²) in [6.07, 6.45) is -0.368. The number of fused-ring (bicyclic) bond motifs is 1. The fraction of sp³-hybridized carbons (Fsp3) is 0.167. The van der Waals surface area contributed by atoms with E-state index in [0.29, 0.717) is 16.3 Å². The minimum atomic E-state index is -4.24. The maximum absolute atomic E-state index is 13.1. The third kappa shape index (κ3) is 5.03. The number of benzene rings is 3. The van der Waals surface area contributed by atoms with Crippen molar-refractivity contribution in [2.45, 2.75) is 23.1 Å². The zero-order chi connectivity index (χ0) is 25.2. The number of carboxylic acid groups (broad SMARTS) is 1. The van der Waals surface area contributed by atoms with Crippen molar-refractivity contribution >= 4 is 38.3 Å². The lowest BCUT2D eigenvalue weighted by Crippen LogP contribution is -2.34. The number of aliphatic carboxylic acids is 1. The number of rotatable bonds is 8. The van der Waals surface area contributed by atoms with Crippen LogP contribution in [0.5, 0.6) is 5.75 Å². The molecule has 35 heavy (non-hydrogen) atoms. The van der Waals surface area contributed by atoms with Crippen molar-refractivity contribution in [1.29, 1.82) is 0 Å². The second-order valence-electron chi connectivity index (χ2n) is 7.69. The van der Waals surface area contributed by atoms with Gasteiger partial charge in [-0.25, -0.2) is 13.1 Å². The largest absolute Gasteiger partial charge is 0.497 e. The van der Waals surface area contributed by atoms with Gasteiger partial charge in [-0.05, 0) is 53.9 Å². The van der Waals surface area contributed by atoms with Gasteiger partial charge in [-0.15, -0.1) is 5.10 Å². The lowest BCUT2D eigenvalue weighted by Gasteiger charge is -2.14. The van der Waals surface area contributed by atoms with Crippen molar-refractivity contribution in [2.24, 2.45) is 0 Å². The van der Waals surface area contributed by atoms with Crippen molar-refractivity contribution in [3.63, 3.8) is 0 Å². The highest BCUT2D eigenvalue weighted by atomic mass is 35.5. The van der Waals surface area contributed by atoms with E-state index in [9.17, 15) is 23.1 Å². The first-order valence-electron chi connectivity index (χ1n) is 10.4. The van der Waals surface area contributed by atoms with E-state index in [1.807, 2.05) is 0 Å². The molecule has 1 atom stereocenters. The Bertz CT molecular complexity index is 1550. The van der Waals surface area contributed by atoms with Crippen molar-refractivity contribution in [3.8, 4) is 16.9 Å². The van der Waals surface area contributed by atoms with E-state index in [-0.39, 0.29) is 23.2 Å². The van der Waals surface area contributed by atoms with Crippen LogP contribution < -0.4 is 10.3 Å². The standard InChI is InChI=1S/C24H20ClN3O6S/c1-34-18-8-11-20-21(14-18)26-27-28(23(20)29)13-12-22(24(30)31)35(32,33)19-9-4-16(5-10-19)15-2-6-17(25)7-3-15/h2-11,14,22H,12-13H2,1H3,(H,30,31). The fourth-order valence-electron chi connectivity index (χ4n) is 3.62. The van der Waals surface area contributed by atoms with Gasteiger partial charge in [-0.3, -0.25) is 9.59 Å². The number of nitrogens with zero attached hydrogens (tertiary/aromatic N) is 3. The molecule has 4 rings (SSSR count). The van der Waals surface area contributed by atoms with Crippen LogP contribution in [-0.2, 0) is 21.2 Å². The summed E-state index contributed by atoms with van der Waals surface area (Å²) in [5.41, 5.74) is 1.39. The molecule has 3 aromatic carbocycles. The Morgan fingerprint density at radius 3 is 2.29 bits per heavy atom. The van der Waals surface area contributed by atoms with Crippen LogP contribution in [0, 0.1) is 0 Å². The Labute approximate surface area is 205 Å². The van der Waals surface area contributed by atoms with Gasteiger partial charge in [0.15, 0.2) is 15.1 Å². The third-order valence-corrected chi connectivity index (χ3v) is 7.91. The quantitative estimate of drug-likeness (QED) is 0.379. The van der Waals surface area contributed by atoms with E-state index >= 15 is 0 Å². The Hall–Kier alpha value is -3.76. The monoisotopic (exact) mass is 513 g/mol. The van der Waals surface area contributed by atoms with Crippen LogP contribution in [0.4, 0.5) is 0 Å². The lowest BCUT2D eigenvalue weighted by atomic mass is 10.1. The van der Waals surface area contributed by atoms with Gasteiger partial charge in [-0.2, -0.15) is 0 Å². The normalized spacial score (nSPS) is 12.4. The number of halogens is 1. The van der Waals surface area contributed by atoms with Crippen LogP contribution in [0.3, 0.4) is 0 Å². The van der Waals surface area contributed by atoms with Crippen molar-refractivity contribution in [3.05, 3.63) is 82.1 Å². The number of ether oxygens (including phenoxy) is 1. The SMILES string of the molecule is COc1ccc2c(=O)n(CCC(C(=O)O)S(=O)(=O)c3ccc(-c4ccc(Cl)cc4)cc3)nnc2c1. The highest BCUT2D eigenvalue weighted by Gasteiger charge is 2.34. The molecule has 0 bridgehead atoms. The molecule has 180 valence electrons. The van der Waals surface area contributed by atoms with Gasteiger partial charge < -0.3 is 9.84 Å². The topological polar surface area (TPSA) is 128 Å². The summed E-state index contributed by atoms with van der Waals surface area (Å²) in [4.78, 5) is 24.5. The number of hydrogen-bond acceptors (Lipinski definition) is 7. The number of aryl methyl sites for hydroxylation is 1. The summed E-state index contributed by atoms with van der Waals surface area (Å²) in [5, 5.41) is 16.5. The van der Waals surface area contributed by atoms with Crippen LogP contribution in [-0.4, -0.2) is 46.8 Å². The number of carboxylic acids is 1. The minimum Gasteiger partial charge on any atom is -0.497 e. The van der Waals surface area contributed by atoms with Crippen molar-refractivity contribution in [2.75, 3.05) is 7.11 Å². The summed E-state index contributed by atoms with van der Waals surface area (Å²) >= 11 is 5.90. The molecule has 0 saturated heterocycles. The number of aromatic nitrogens is 3. The molecule has 0 amide bonds. The molecule has 11 heteroatoms. The highest BCUT2D eigenvalue weighted by Crippen LogP contribution is 2.25. The maximum Gasteiger partial charge on any atom is 0.322 e. The molecular weight excluding hydrogens is 494 g/mol. The van der Waals surface area contributed by atoms with Crippen LogP contribution in [0.2, 0.25) is 5.02 Å². The van der Waals surface area contributed by atoms with E-state index in [1.165, 1.54) is 25.3 Å². The molecule has 0 aliphatic carbocycles. The van der Waals surface area contributed by atoms with E-state index in [4.69, 9.17) is 16.3 Å². The van der Waals surface area contributed by atoms with Gasteiger partial charge in [0.1, 0.15) is 11.3 Å². The van der Waals surface area contributed by atoms with E-state index in [2.05, 4.69) is 10.3 Å². The molecular formula is C24H20ClN3O6S. The van der Waals surface area contributed by atoms with Gasteiger partial charge >= 0.3 is 5.97 Å². The number of carbonyl (C=O) groups is 1. The zero-order valence-corrected chi connectivity index (χ0v) is 20.0. The van der Waals surface area contributed by atoms with Gasteiger partial charge in [-0.1, -0.05) is 41.1 Å². The van der Waals surface area contributed by atoms with Crippen LogP contribution in [0.15, 0.2) is 76.4 Å². The lowest BCUT2D eigenvalue weighted by molar-refractivity contribution is -0.136. The molecule has 0 spiro atoms. The first kappa shape index (κ1) is 24.4. The molecule has 0 saturated carbocycles. The second-order valence-corrected chi connectivity index (χ2v) is 10.3. The summed E-state index contributed by atoms with van der Waals surface area (Å²) in [5.74, 6) is -1.01. The molecule has 4 aromatic rings. The summed E-state index contributed by atoms with van der Waals surface area (Å²) in [7, 11) is -2.76. The van der Waals surface area contributed by atoms with Crippen molar-refractivity contribution in [1.82, 2.24) is 15.0 Å². The molecule has 0 aliphatic heterocycles. The summed E-state index contributed by atoms with van der Waals surface area (Å²) in [6, 6.07) is 17.6. The molecule has 1 unspecified atom stereocenters. The molecule has 1 heterocycles. The Morgan fingerprint density at radius 1 is 1.06 bits per heavy atom. The molecule has 0 radical (unpaired) electrons. The van der Waals surface area contributed by atoms with Gasteiger partial charge in [0.05, 0.1) is 17.4 Å². The molecule has 0 aliphatic rings. The number of methoxy groups -OCH3 is 1.